The number of anilines is 1. The second-order valence-corrected chi connectivity index (χ2v) is 5.02. The monoisotopic (exact) mass is 289 g/mol. The summed E-state index contributed by atoms with van der Waals surface area (Å²) in [5, 5.41) is 10.8. The molecule has 2 N–H and O–H groups in total. The number of fused-ring (bicyclic) bond motifs is 1. The van der Waals surface area contributed by atoms with E-state index in [9.17, 15) is 4.79 Å². The van der Waals surface area contributed by atoms with Crippen LogP contribution in [0.5, 0.6) is 0 Å². The van der Waals surface area contributed by atoms with Crippen molar-refractivity contribution in [1.82, 2.24) is 10.2 Å². The van der Waals surface area contributed by atoms with E-state index in [0.717, 1.165) is 16.5 Å². The molecule has 0 fully saturated rings. The summed E-state index contributed by atoms with van der Waals surface area (Å²) in [5.74, 6) is 0.520. The van der Waals surface area contributed by atoms with Gasteiger partial charge in [0.25, 0.3) is 5.91 Å². The first kappa shape index (κ1) is 12.7. The number of rotatable bonds is 2. The quantitative estimate of drug-likeness (QED) is 0.756. The third-order valence-electron chi connectivity index (χ3n) is 3.17. The maximum atomic E-state index is 12.3. The molecule has 2 aromatic heterocycles. The van der Waals surface area contributed by atoms with Crippen molar-refractivity contribution in [1.29, 1.82) is 0 Å². The van der Waals surface area contributed by atoms with E-state index in [0.29, 0.717) is 16.4 Å². The molecule has 20 heavy (non-hydrogen) atoms. The SMILES string of the molecule is Cc1cn[nH]c1NC(=O)c1oc2ccc(Cl)cc2c1C. The molecule has 0 bridgehead atoms. The summed E-state index contributed by atoms with van der Waals surface area (Å²) in [6.07, 6.45) is 1.64. The van der Waals surface area contributed by atoms with Gasteiger partial charge in [0.05, 0.1) is 6.20 Å². The number of H-pyrrole nitrogens is 1. The van der Waals surface area contributed by atoms with Crippen LogP contribution in [0.4, 0.5) is 5.82 Å². The summed E-state index contributed by atoms with van der Waals surface area (Å²) in [5.41, 5.74) is 2.26. The zero-order valence-corrected chi connectivity index (χ0v) is 11.7. The Bertz CT molecular complexity index is 804. The lowest BCUT2D eigenvalue weighted by atomic mass is 10.1. The third-order valence-corrected chi connectivity index (χ3v) is 3.41. The second-order valence-electron chi connectivity index (χ2n) is 4.58. The van der Waals surface area contributed by atoms with Crippen molar-refractivity contribution in [3.8, 4) is 0 Å². The van der Waals surface area contributed by atoms with Crippen molar-refractivity contribution >= 4 is 34.3 Å². The third kappa shape index (κ3) is 2.06. The molecule has 0 saturated heterocycles. The first-order valence-corrected chi connectivity index (χ1v) is 6.44. The largest absolute Gasteiger partial charge is 0.451 e. The Labute approximate surface area is 119 Å². The van der Waals surface area contributed by atoms with E-state index in [1.807, 2.05) is 13.8 Å². The number of carbonyl (C=O) groups excluding carboxylic acids is 1. The van der Waals surface area contributed by atoms with Gasteiger partial charge in [0.1, 0.15) is 11.4 Å². The van der Waals surface area contributed by atoms with Crippen molar-refractivity contribution < 1.29 is 9.21 Å². The maximum Gasteiger partial charge on any atom is 0.292 e. The first-order valence-electron chi connectivity index (χ1n) is 6.06. The smallest absolute Gasteiger partial charge is 0.292 e. The van der Waals surface area contributed by atoms with E-state index in [4.69, 9.17) is 16.0 Å². The lowest BCUT2D eigenvalue weighted by molar-refractivity contribution is 0.0997. The molecular weight excluding hydrogens is 278 g/mol. The lowest BCUT2D eigenvalue weighted by Crippen LogP contribution is -2.13. The Kier molecular flexibility index (Phi) is 2.99. The number of aromatic amines is 1. The van der Waals surface area contributed by atoms with Gasteiger partial charge in [-0.2, -0.15) is 5.10 Å². The Morgan fingerprint density at radius 3 is 2.90 bits per heavy atom. The molecule has 2 heterocycles. The molecule has 0 aliphatic heterocycles. The van der Waals surface area contributed by atoms with Gasteiger partial charge in [-0.15, -0.1) is 0 Å². The summed E-state index contributed by atoms with van der Waals surface area (Å²) < 4.78 is 5.60. The Morgan fingerprint density at radius 1 is 1.40 bits per heavy atom. The van der Waals surface area contributed by atoms with Crippen LogP contribution in [0.2, 0.25) is 5.02 Å². The van der Waals surface area contributed by atoms with Crippen LogP contribution in [0, 0.1) is 13.8 Å². The van der Waals surface area contributed by atoms with Crippen LogP contribution < -0.4 is 5.32 Å². The minimum atomic E-state index is -0.317. The van der Waals surface area contributed by atoms with Crippen molar-refractivity contribution in [2.75, 3.05) is 5.32 Å². The number of aromatic nitrogens is 2. The highest BCUT2D eigenvalue weighted by atomic mass is 35.5. The van der Waals surface area contributed by atoms with Gasteiger partial charge in [0.15, 0.2) is 5.76 Å². The number of hydrogen-bond donors (Lipinski definition) is 2. The first-order chi connectivity index (χ1) is 9.56. The van der Waals surface area contributed by atoms with Crippen LogP contribution in [-0.4, -0.2) is 16.1 Å². The van der Waals surface area contributed by atoms with E-state index in [1.165, 1.54) is 0 Å². The molecule has 3 rings (SSSR count). The van der Waals surface area contributed by atoms with Gasteiger partial charge in [-0.25, -0.2) is 0 Å². The molecule has 0 aliphatic rings. The topological polar surface area (TPSA) is 70.9 Å². The predicted molar refractivity (Wildman–Crippen MR) is 77.2 cm³/mol. The molecule has 5 nitrogen and oxygen atoms in total. The van der Waals surface area contributed by atoms with Crippen molar-refractivity contribution in [2.24, 2.45) is 0 Å². The molecular formula is C14H12ClN3O2. The van der Waals surface area contributed by atoms with E-state index >= 15 is 0 Å². The van der Waals surface area contributed by atoms with E-state index in [-0.39, 0.29) is 11.7 Å². The number of benzene rings is 1. The minimum absolute atomic E-state index is 0.274. The molecule has 6 heteroatoms. The molecule has 3 aromatic rings. The molecule has 102 valence electrons. The summed E-state index contributed by atoms with van der Waals surface area (Å²) in [4.78, 5) is 12.3. The van der Waals surface area contributed by atoms with Gasteiger partial charge in [0.2, 0.25) is 0 Å². The standard InChI is InChI=1S/C14H12ClN3O2/c1-7-6-16-18-13(7)17-14(19)12-8(2)10-5-9(15)3-4-11(10)20-12/h3-6H,1-2H3,(H2,16,17,18,19). The van der Waals surface area contributed by atoms with E-state index in [2.05, 4.69) is 15.5 Å². The summed E-state index contributed by atoms with van der Waals surface area (Å²) in [6.45, 7) is 3.68. The van der Waals surface area contributed by atoms with Crippen molar-refractivity contribution in [2.45, 2.75) is 13.8 Å². The number of halogens is 1. The number of aryl methyl sites for hydroxylation is 2. The average Bonchev–Trinajstić information content (AvgIpc) is 2.95. The Hall–Kier alpha value is -2.27. The van der Waals surface area contributed by atoms with Crippen LogP contribution >= 0.6 is 11.6 Å². The van der Waals surface area contributed by atoms with Crippen LogP contribution in [-0.2, 0) is 0 Å². The molecule has 0 spiro atoms. The van der Waals surface area contributed by atoms with E-state index < -0.39 is 0 Å². The summed E-state index contributed by atoms with van der Waals surface area (Å²) in [6, 6.07) is 5.27. The summed E-state index contributed by atoms with van der Waals surface area (Å²) >= 11 is 5.96. The van der Waals surface area contributed by atoms with Gasteiger partial charge in [0, 0.05) is 21.5 Å². The fourth-order valence-corrected chi connectivity index (χ4v) is 2.23. The summed E-state index contributed by atoms with van der Waals surface area (Å²) in [7, 11) is 0. The number of furan rings is 1. The normalized spacial score (nSPS) is 10.9. The molecule has 0 saturated carbocycles. The lowest BCUT2D eigenvalue weighted by Gasteiger charge is -2.01. The number of carbonyl (C=O) groups is 1. The number of hydrogen-bond acceptors (Lipinski definition) is 3. The molecule has 0 atom stereocenters. The molecule has 1 aromatic carbocycles. The second kappa shape index (κ2) is 4.68. The number of nitrogens with zero attached hydrogens (tertiary/aromatic N) is 1. The minimum Gasteiger partial charge on any atom is -0.451 e. The van der Waals surface area contributed by atoms with Gasteiger partial charge >= 0.3 is 0 Å². The average molecular weight is 290 g/mol. The Balaban J connectivity index is 2.00. The molecule has 0 unspecified atom stereocenters. The fraction of sp³-hybridized carbons (Fsp3) is 0.143. The van der Waals surface area contributed by atoms with Gasteiger partial charge in [-0.3, -0.25) is 9.89 Å². The zero-order valence-electron chi connectivity index (χ0n) is 11.0. The predicted octanol–water partition coefficient (Wildman–Crippen LogP) is 3.68. The number of nitrogens with one attached hydrogen (secondary N) is 2. The van der Waals surface area contributed by atoms with Gasteiger partial charge in [-0.1, -0.05) is 11.6 Å². The van der Waals surface area contributed by atoms with Crippen molar-refractivity contribution in [3.63, 3.8) is 0 Å². The molecule has 1 amide bonds. The van der Waals surface area contributed by atoms with Crippen LogP contribution in [0.15, 0.2) is 28.8 Å². The highest BCUT2D eigenvalue weighted by Crippen LogP contribution is 2.28. The van der Waals surface area contributed by atoms with Crippen LogP contribution in [0.3, 0.4) is 0 Å². The van der Waals surface area contributed by atoms with Gasteiger partial charge < -0.3 is 9.73 Å². The van der Waals surface area contributed by atoms with Crippen molar-refractivity contribution in [3.05, 3.63) is 46.3 Å². The molecule has 0 aliphatic carbocycles. The fourth-order valence-electron chi connectivity index (χ4n) is 2.05. The highest BCUT2D eigenvalue weighted by Gasteiger charge is 2.18. The maximum absolute atomic E-state index is 12.3. The zero-order chi connectivity index (χ0) is 14.3. The van der Waals surface area contributed by atoms with Gasteiger partial charge in [-0.05, 0) is 32.0 Å². The van der Waals surface area contributed by atoms with E-state index in [1.54, 1.807) is 24.4 Å². The molecule has 0 radical (unpaired) electrons. The van der Waals surface area contributed by atoms with Crippen LogP contribution in [0.1, 0.15) is 21.7 Å². The Morgan fingerprint density at radius 2 is 2.20 bits per heavy atom. The highest BCUT2D eigenvalue weighted by molar-refractivity contribution is 6.31. The van der Waals surface area contributed by atoms with Crippen LogP contribution in [0.25, 0.3) is 11.0 Å². The number of amides is 1.